The van der Waals surface area contributed by atoms with E-state index in [1.54, 1.807) is 6.08 Å². The molecule has 0 bridgehead atoms. The van der Waals surface area contributed by atoms with Crippen LogP contribution in [0, 0.1) is 0 Å². The van der Waals surface area contributed by atoms with Crippen molar-refractivity contribution in [2.24, 2.45) is 0 Å². The van der Waals surface area contributed by atoms with Crippen LogP contribution in [0.15, 0.2) is 30.8 Å². The molecule has 0 atom stereocenters. The third-order valence-corrected chi connectivity index (χ3v) is 2.77. The Bertz CT molecular complexity index is 455. The molecule has 2 amide bonds. The van der Waals surface area contributed by atoms with Gasteiger partial charge in [0.1, 0.15) is 0 Å². The lowest BCUT2D eigenvalue weighted by Gasteiger charge is -2.07. The first kappa shape index (κ1) is 15.8. The molecule has 1 aromatic carbocycles. The molecule has 0 saturated carbocycles. The smallest absolute Gasteiger partial charge is 0.314 e. The van der Waals surface area contributed by atoms with Gasteiger partial charge < -0.3 is 15.7 Å². The maximum atomic E-state index is 11.4. The van der Waals surface area contributed by atoms with Crippen LogP contribution >= 0.6 is 0 Å². The van der Waals surface area contributed by atoms with Crippen LogP contribution in [0.1, 0.15) is 24.0 Å². The van der Waals surface area contributed by atoms with E-state index in [1.807, 2.05) is 24.3 Å². The van der Waals surface area contributed by atoms with Gasteiger partial charge >= 0.3 is 12.0 Å². The number of nitrogens with one attached hydrogen (secondary N) is 2. The summed E-state index contributed by atoms with van der Waals surface area (Å²) in [4.78, 5) is 21.7. The van der Waals surface area contributed by atoms with E-state index in [0.717, 1.165) is 17.5 Å². The van der Waals surface area contributed by atoms with Gasteiger partial charge in [-0.25, -0.2) is 4.79 Å². The largest absolute Gasteiger partial charge is 0.481 e. The number of amides is 2. The standard InChI is InChI=1S/C15H20N2O3/c1-2-12-5-7-13(8-6-12)9-11-17-15(20)16-10-3-4-14(18)19/h2,5-8H,1,3-4,9-11H2,(H,18,19)(H2,16,17,20). The number of benzene rings is 1. The molecule has 0 aliphatic heterocycles. The minimum absolute atomic E-state index is 0.0654. The first-order valence-corrected chi connectivity index (χ1v) is 6.56. The average Bonchev–Trinajstić information content (AvgIpc) is 2.44. The van der Waals surface area contributed by atoms with Crippen LogP contribution in [-0.4, -0.2) is 30.2 Å². The fourth-order valence-electron chi connectivity index (χ4n) is 1.64. The SMILES string of the molecule is C=Cc1ccc(CCNC(=O)NCCCC(=O)O)cc1. The fraction of sp³-hybridized carbons (Fsp3) is 0.333. The molecule has 3 N–H and O–H groups in total. The van der Waals surface area contributed by atoms with Gasteiger partial charge in [0.15, 0.2) is 0 Å². The molecule has 0 aromatic heterocycles. The van der Waals surface area contributed by atoms with E-state index in [2.05, 4.69) is 17.2 Å². The molecule has 5 heteroatoms. The second-order valence-corrected chi connectivity index (χ2v) is 4.38. The number of carboxylic acid groups (broad SMARTS) is 1. The second-order valence-electron chi connectivity index (χ2n) is 4.38. The zero-order valence-corrected chi connectivity index (χ0v) is 11.4. The van der Waals surface area contributed by atoms with Crippen molar-refractivity contribution in [1.82, 2.24) is 10.6 Å². The van der Waals surface area contributed by atoms with Crippen molar-refractivity contribution in [3.05, 3.63) is 42.0 Å². The van der Waals surface area contributed by atoms with Crippen LogP contribution < -0.4 is 10.6 Å². The van der Waals surface area contributed by atoms with Gasteiger partial charge in [-0.2, -0.15) is 0 Å². The number of carboxylic acids is 1. The quantitative estimate of drug-likeness (QED) is 0.636. The third kappa shape index (κ3) is 6.58. The summed E-state index contributed by atoms with van der Waals surface area (Å²) >= 11 is 0. The zero-order valence-electron chi connectivity index (χ0n) is 11.4. The maximum absolute atomic E-state index is 11.4. The van der Waals surface area contributed by atoms with E-state index < -0.39 is 5.97 Å². The Balaban J connectivity index is 2.14. The molecular formula is C15H20N2O3. The number of aliphatic carboxylic acids is 1. The third-order valence-electron chi connectivity index (χ3n) is 2.77. The Morgan fingerprint density at radius 2 is 1.80 bits per heavy atom. The molecule has 0 fully saturated rings. The Kier molecular flexibility index (Phi) is 6.89. The molecule has 5 nitrogen and oxygen atoms in total. The van der Waals surface area contributed by atoms with Gasteiger partial charge in [-0.15, -0.1) is 0 Å². The monoisotopic (exact) mass is 276 g/mol. The van der Waals surface area contributed by atoms with Gasteiger partial charge in [0, 0.05) is 19.5 Å². The van der Waals surface area contributed by atoms with Gasteiger partial charge in [0.25, 0.3) is 0 Å². The summed E-state index contributed by atoms with van der Waals surface area (Å²) in [5, 5.41) is 13.8. The van der Waals surface area contributed by atoms with Crippen molar-refractivity contribution in [2.45, 2.75) is 19.3 Å². The lowest BCUT2D eigenvalue weighted by Crippen LogP contribution is -2.37. The van der Waals surface area contributed by atoms with Gasteiger partial charge in [0.2, 0.25) is 0 Å². The van der Waals surface area contributed by atoms with Gasteiger partial charge in [-0.1, -0.05) is 36.9 Å². The summed E-state index contributed by atoms with van der Waals surface area (Å²) in [6.07, 6.45) is 3.04. The molecule has 0 unspecified atom stereocenters. The summed E-state index contributed by atoms with van der Waals surface area (Å²) in [6, 6.07) is 7.70. The predicted octanol–water partition coefficient (Wildman–Crippen LogP) is 2.04. The maximum Gasteiger partial charge on any atom is 0.314 e. The van der Waals surface area contributed by atoms with Gasteiger partial charge in [-0.05, 0) is 24.0 Å². The molecule has 1 aromatic rings. The van der Waals surface area contributed by atoms with Crippen LogP contribution in [0.25, 0.3) is 6.08 Å². The molecular weight excluding hydrogens is 256 g/mol. The fourth-order valence-corrected chi connectivity index (χ4v) is 1.64. The number of carbonyl (C=O) groups excluding carboxylic acids is 1. The summed E-state index contributed by atoms with van der Waals surface area (Å²) in [7, 11) is 0. The van der Waals surface area contributed by atoms with E-state index in [4.69, 9.17) is 5.11 Å². The van der Waals surface area contributed by atoms with E-state index >= 15 is 0 Å². The molecule has 20 heavy (non-hydrogen) atoms. The Morgan fingerprint density at radius 3 is 2.40 bits per heavy atom. The lowest BCUT2D eigenvalue weighted by molar-refractivity contribution is -0.137. The topological polar surface area (TPSA) is 78.4 Å². The highest BCUT2D eigenvalue weighted by Gasteiger charge is 2.01. The van der Waals surface area contributed by atoms with Crippen molar-refractivity contribution in [2.75, 3.05) is 13.1 Å². The Labute approximate surface area is 118 Å². The molecule has 0 heterocycles. The van der Waals surface area contributed by atoms with Crippen molar-refractivity contribution >= 4 is 18.1 Å². The van der Waals surface area contributed by atoms with E-state index in [-0.39, 0.29) is 12.5 Å². The average molecular weight is 276 g/mol. The predicted molar refractivity (Wildman–Crippen MR) is 78.5 cm³/mol. The molecule has 0 aliphatic carbocycles. The van der Waals surface area contributed by atoms with Gasteiger partial charge in [-0.3, -0.25) is 4.79 Å². The van der Waals surface area contributed by atoms with Crippen LogP contribution in [0.4, 0.5) is 4.79 Å². The summed E-state index contributed by atoms with van der Waals surface area (Å²) in [6.45, 7) is 4.60. The molecule has 1 rings (SSSR count). The highest BCUT2D eigenvalue weighted by Crippen LogP contribution is 2.05. The molecule has 0 saturated heterocycles. The molecule has 0 radical (unpaired) electrons. The van der Waals surface area contributed by atoms with Crippen LogP contribution in [0.2, 0.25) is 0 Å². The molecule has 0 aliphatic rings. The van der Waals surface area contributed by atoms with Crippen molar-refractivity contribution in [3.63, 3.8) is 0 Å². The van der Waals surface area contributed by atoms with Crippen molar-refractivity contribution in [3.8, 4) is 0 Å². The van der Waals surface area contributed by atoms with E-state index in [9.17, 15) is 9.59 Å². The highest BCUT2D eigenvalue weighted by atomic mass is 16.4. The minimum Gasteiger partial charge on any atom is -0.481 e. The summed E-state index contributed by atoms with van der Waals surface area (Å²) in [5.41, 5.74) is 2.21. The molecule has 108 valence electrons. The number of urea groups is 1. The van der Waals surface area contributed by atoms with E-state index in [0.29, 0.717) is 19.5 Å². The normalized spacial score (nSPS) is 9.80. The number of hydrogen-bond donors (Lipinski definition) is 3. The minimum atomic E-state index is -0.852. The number of hydrogen-bond acceptors (Lipinski definition) is 2. The van der Waals surface area contributed by atoms with Crippen molar-refractivity contribution in [1.29, 1.82) is 0 Å². The highest BCUT2D eigenvalue weighted by molar-refractivity contribution is 5.73. The second kappa shape index (κ2) is 8.74. The number of carbonyl (C=O) groups is 2. The number of rotatable bonds is 8. The van der Waals surface area contributed by atoms with Crippen LogP contribution in [-0.2, 0) is 11.2 Å². The first-order valence-electron chi connectivity index (χ1n) is 6.56. The van der Waals surface area contributed by atoms with Crippen LogP contribution in [0.3, 0.4) is 0 Å². The van der Waals surface area contributed by atoms with E-state index in [1.165, 1.54) is 0 Å². The van der Waals surface area contributed by atoms with Gasteiger partial charge in [0.05, 0.1) is 0 Å². The summed E-state index contributed by atoms with van der Waals surface area (Å²) in [5.74, 6) is -0.852. The summed E-state index contributed by atoms with van der Waals surface area (Å²) < 4.78 is 0. The lowest BCUT2D eigenvalue weighted by atomic mass is 10.1. The zero-order chi connectivity index (χ0) is 14.8. The first-order chi connectivity index (χ1) is 9.61. The Morgan fingerprint density at radius 1 is 1.15 bits per heavy atom. The Hall–Kier alpha value is -2.30. The molecule has 0 spiro atoms. The van der Waals surface area contributed by atoms with Crippen molar-refractivity contribution < 1.29 is 14.7 Å². The van der Waals surface area contributed by atoms with Crippen LogP contribution in [0.5, 0.6) is 0 Å².